The van der Waals surface area contributed by atoms with Crippen LogP contribution in [-0.4, -0.2) is 33.9 Å². The average Bonchev–Trinajstić information content (AvgIpc) is 2.43. The first-order valence-corrected chi connectivity index (χ1v) is 4.05. The maximum absolute atomic E-state index is 11.3. The van der Waals surface area contributed by atoms with Crippen LogP contribution in [0.4, 0.5) is 0 Å². The number of carbonyl (C=O) groups excluding carboxylic acids is 1. The molecule has 0 radical (unpaired) electrons. The summed E-state index contributed by atoms with van der Waals surface area (Å²) in [5, 5.41) is 15.0. The molecule has 1 aromatic heterocycles. The highest BCUT2D eigenvalue weighted by atomic mass is 16.3. The lowest BCUT2D eigenvalue weighted by Crippen LogP contribution is -2.26. The van der Waals surface area contributed by atoms with E-state index in [0.29, 0.717) is 5.69 Å². The van der Waals surface area contributed by atoms with Gasteiger partial charge in [0.2, 0.25) is 0 Å². The Balaban J connectivity index is 2.66. The third kappa shape index (κ3) is 2.29. The van der Waals surface area contributed by atoms with E-state index in [1.165, 1.54) is 0 Å². The molecule has 0 aliphatic carbocycles. The van der Waals surface area contributed by atoms with Gasteiger partial charge in [0, 0.05) is 19.3 Å². The Morgan fingerprint density at radius 3 is 2.92 bits per heavy atom. The predicted molar refractivity (Wildman–Crippen MR) is 47.4 cm³/mol. The fourth-order valence-electron chi connectivity index (χ4n) is 0.932. The molecule has 72 valence electrons. The number of hydrogen-bond acceptors (Lipinski definition) is 3. The first kappa shape index (κ1) is 9.73. The van der Waals surface area contributed by atoms with Gasteiger partial charge in [-0.3, -0.25) is 9.48 Å². The molecule has 5 nitrogen and oxygen atoms in total. The van der Waals surface area contributed by atoms with Gasteiger partial charge in [0.05, 0.1) is 6.61 Å². The third-order valence-electron chi connectivity index (χ3n) is 1.74. The summed E-state index contributed by atoms with van der Waals surface area (Å²) < 4.78 is 1.63. The van der Waals surface area contributed by atoms with E-state index in [4.69, 9.17) is 5.11 Å². The molecule has 1 aromatic rings. The molecular weight excluding hydrogens is 170 g/mol. The van der Waals surface area contributed by atoms with E-state index in [1.807, 2.05) is 6.92 Å². The molecule has 13 heavy (non-hydrogen) atoms. The van der Waals surface area contributed by atoms with Crippen molar-refractivity contribution in [2.24, 2.45) is 7.05 Å². The van der Waals surface area contributed by atoms with E-state index in [2.05, 4.69) is 10.4 Å². The summed E-state index contributed by atoms with van der Waals surface area (Å²) in [6, 6.07) is 1.70. The number of aryl methyl sites for hydroxylation is 2. The molecule has 5 heteroatoms. The highest BCUT2D eigenvalue weighted by molar-refractivity contribution is 5.92. The van der Waals surface area contributed by atoms with Crippen molar-refractivity contribution >= 4 is 5.91 Å². The quantitative estimate of drug-likeness (QED) is 0.660. The fourth-order valence-corrected chi connectivity index (χ4v) is 0.932. The topological polar surface area (TPSA) is 67.2 Å². The number of nitrogens with zero attached hydrogens (tertiary/aromatic N) is 2. The van der Waals surface area contributed by atoms with Crippen LogP contribution in [0.2, 0.25) is 0 Å². The minimum atomic E-state index is -0.252. The summed E-state index contributed by atoms with van der Waals surface area (Å²) in [5.74, 6) is -0.252. The van der Waals surface area contributed by atoms with Gasteiger partial charge < -0.3 is 10.4 Å². The molecule has 1 amide bonds. The Kier molecular flexibility index (Phi) is 3.02. The van der Waals surface area contributed by atoms with Crippen molar-refractivity contribution in [2.75, 3.05) is 13.2 Å². The number of hydrogen-bond donors (Lipinski definition) is 2. The predicted octanol–water partition coefficient (Wildman–Crippen LogP) is -0.549. The molecule has 0 saturated carbocycles. The van der Waals surface area contributed by atoms with Crippen molar-refractivity contribution in [1.29, 1.82) is 0 Å². The van der Waals surface area contributed by atoms with Gasteiger partial charge in [-0.25, -0.2) is 0 Å². The van der Waals surface area contributed by atoms with E-state index in [-0.39, 0.29) is 19.1 Å². The molecule has 1 heterocycles. The largest absolute Gasteiger partial charge is 0.395 e. The number of carbonyl (C=O) groups is 1. The van der Waals surface area contributed by atoms with Crippen LogP contribution in [0.15, 0.2) is 6.07 Å². The Morgan fingerprint density at radius 1 is 1.77 bits per heavy atom. The number of aliphatic hydroxyl groups is 1. The first-order valence-electron chi connectivity index (χ1n) is 4.05. The van der Waals surface area contributed by atoms with E-state index < -0.39 is 0 Å². The van der Waals surface area contributed by atoms with Gasteiger partial charge in [-0.15, -0.1) is 0 Å². The third-order valence-corrected chi connectivity index (χ3v) is 1.74. The van der Waals surface area contributed by atoms with Crippen molar-refractivity contribution in [3.8, 4) is 0 Å². The van der Waals surface area contributed by atoms with Crippen LogP contribution < -0.4 is 5.32 Å². The van der Waals surface area contributed by atoms with E-state index in [0.717, 1.165) is 5.69 Å². The molecule has 1 rings (SSSR count). The second-order valence-corrected chi connectivity index (χ2v) is 2.77. The maximum Gasteiger partial charge on any atom is 0.271 e. The maximum atomic E-state index is 11.3. The summed E-state index contributed by atoms with van der Waals surface area (Å²) in [6.07, 6.45) is 0. The minimum absolute atomic E-state index is 0.0580. The van der Waals surface area contributed by atoms with Crippen LogP contribution in [0.5, 0.6) is 0 Å². The molecule has 0 bridgehead atoms. The van der Waals surface area contributed by atoms with E-state index in [1.54, 1.807) is 17.8 Å². The Labute approximate surface area is 76.4 Å². The first-order chi connectivity index (χ1) is 6.15. The lowest BCUT2D eigenvalue weighted by molar-refractivity contribution is 0.0939. The smallest absolute Gasteiger partial charge is 0.271 e. The van der Waals surface area contributed by atoms with E-state index in [9.17, 15) is 4.79 Å². The van der Waals surface area contributed by atoms with Crippen molar-refractivity contribution in [3.05, 3.63) is 17.5 Å². The molecule has 0 unspecified atom stereocenters. The van der Waals surface area contributed by atoms with Gasteiger partial charge in [-0.1, -0.05) is 0 Å². The second-order valence-electron chi connectivity index (χ2n) is 2.77. The molecule has 0 saturated heterocycles. The van der Waals surface area contributed by atoms with Crippen LogP contribution in [0, 0.1) is 6.92 Å². The van der Waals surface area contributed by atoms with Crippen LogP contribution >= 0.6 is 0 Å². The highest BCUT2D eigenvalue weighted by Gasteiger charge is 2.09. The lowest BCUT2D eigenvalue weighted by Gasteiger charge is -1.98. The zero-order valence-electron chi connectivity index (χ0n) is 7.74. The number of aliphatic hydroxyl groups excluding tert-OH is 1. The van der Waals surface area contributed by atoms with Gasteiger partial charge in [0.15, 0.2) is 0 Å². The van der Waals surface area contributed by atoms with Crippen molar-refractivity contribution in [3.63, 3.8) is 0 Å². The van der Waals surface area contributed by atoms with Gasteiger partial charge in [0.1, 0.15) is 5.69 Å². The molecular formula is C8H13N3O2. The zero-order valence-corrected chi connectivity index (χ0v) is 7.74. The van der Waals surface area contributed by atoms with E-state index >= 15 is 0 Å². The van der Waals surface area contributed by atoms with Gasteiger partial charge in [-0.05, 0) is 13.0 Å². The summed E-state index contributed by atoms with van der Waals surface area (Å²) in [6.45, 7) is 2.07. The number of nitrogens with one attached hydrogen (secondary N) is 1. The van der Waals surface area contributed by atoms with Gasteiger partial charge in [-0.2, -0.15) is 5.10 Å². The number of rotatable bonds is 3. The van der Waals surface area contributed by atoms with Gasteiger partial charge >= 0.3 is 0 Å². The Hall–Kier alpha value is -1.36. The molecule has 0 spiro atoms. The van der Waals surface area contributed by atoms with Crippen molar-refractivity contribution in [2.45, 2.75) is 6.92 Å². The molecule has 0 atom stereocenters. The van der Waals surface area contributed by atoms with Crippen LogP contribution in [-0.2, 0) is 7.05 Å². The fraction of sp³-hybridized carbons (Fsp3) is 0.500. The van der Waals surface area contributed by atoms with Crippen LogP contribution in [0.3, 0.4) is 0 Å². The Morgan fingerprint density at radius 2 is 2.46 bits per heavy atom. The molecule has 0 aromatic carbocycles. The summed E-state index contributed by atoms with van der Waals surface area (Å²) in [7, 11) is 1.78. The molecule has 0 aliphatic rings. The number of aromatic nitrogens is 2. The summed E-state index contributed by atoms with van der Waals surface area (Å²) in [4.78, 5) is 11.3. The lowest BCUT2D eigenvalue weighted by atomic mass is 10.3. The zero-order chi connectivity index (χ0) is 9.84. The monoisotopic (exact) mass is 183 g/mol. The number of amides is 1. The minimum Gasteiger partial charge on any atom is -0.395 e. The highest BCUT2D eigenvalue weighted by Crippen LogP contribution is 2.00. The van der Waals surface area contributed by atoms with Crippen LogP contribution in [0.1, 0.15) is 16.2 Å². The van der Waals surface area contributed by atoms with Crippen LogP contribution in [0.25, 0.3) is 0 Å². The Bertz CT molecular complexity index is 287. The summed E-state index contributed by atoms with van der Waals surface area (Å²) in [5.41, 5.74) is 1.31. The average molecular weight is 183 g/mol. The molecule has 0 fully saturated rings. The normalized spacial score (nSPS) is 10.1. The van der Waals surface area contributed by atoms with Crippen molar-refractivity contribution < 1.29 is 9.90 Å². The van der Waals surface area contributed by atoms with Crippen molar-refractivity contribution in [1.82, 2.24) is 15.1 Å². The SMILES string of the molecule is Cc1cc(C(=O)NCCO)nn1C. The summed E-state index contributed by atoms with van der Waals surface area (Å²) >= 11 is 0. The standard InChI is InChI=1S/C8H13N3O2/c1-6-5-7(10-11(6)2)8(13)9-3-4-12/h5,12H,3-4H2,1-2H3,(H,9,13). The van der Waals surface area contributed by atoms with Gasteiger partial charge in [0.25, 0.3) is 5.91 Å². The molecule has 0 aliphatic heterocycles. The second kappa shape index (κ2) is 4.04. The molecule has 2 N–H and O–H groups in total.